The van der Waals surface area contributed by atoms with Crippen molar-refractivity contribution in [3.8, 4) is 11.5 Å². The minimum Gasteiger partial charge on any atom is -0.492 e. The van der Waals surface area contributed by atoms with E-state index in [4.69, 9.17) is 21.1 Å². The number of halogens is 3. The number of hydrogen-bond acceptors (Lipinski definition) is 3. The zero-order valence-corrected chi connectivity index (χ0v) is 18.1. The summed E-state index contributed by atoms with van der Waals surface area (Å²) in [5.41, 5.74) is 1.61. The lowest BCUT2D eigenvalue weighted by atomic mass is 10.2. The maximum absolute atomic E-state index is 12.4. The highest BCUT2D eigenvalue weighted by Gasteiger charge is 2.13. The van der Waals surface area contributed by atoms with E-state index in [1.807, 2.05) is 18.2 Å². The van der Waals surface area contributed by atoms with Gasteiger partial charge in [0.05, 0.1) is 21.7 Å². The highest BCUT2D eigenvalue weighted by Crippen LogP contribution is 2.30. The molecule has 27 heavy (non-hydrogen) atoms. The molecule has 0 saturated carbocycles. The van der Waals surface area contributed by atoms with Crippen molar-refractivity contribution in [2.75, 3.05) is 6.61 Å². The summed E-state index contributed by atoms with van der Waals surface area (Å²) in [6.45, 7) is 0.543. The Morgan fingerprint density at radius 1 is 0.926 bits per heavy atom. The van der Waals surface area contributed by atoms with Gasteiger partial charge in [0.1, 0.15) is 11.5 Å². The van der Waals surface area contributed by atoms with Crippen LogP contribution in [0, 0.1) is 0 Å². The molecule has 0 saturated heterocycles. The second-order valence-corrected chi connectivity index (χ2v) is 7.87. The largest absolute Gasteiger partial charge is 0.492 e. The van der Waals surface area contributed by atoms with Crippen LogP contribution in [0.3, 0.4) is 0 Å². The molecule has 6 heteroatoms. The number of esters is 1. The van der Waals surface area contributed by atoms with Crippen molar-refractivity contribution >= 4 is 49.4 Å². The predicted molar refractivity (Wildman–Crippen MR) is 114 cm³/mol. The van der Waals surface area contributed by atoms with Crippen molar-refractivity contribution in [2.45, 2.75) is 6.42 Å². The van der Waals surface area contributed by atoms with Crippen LogP contribution in [0.4, 0.5) is 0 Å². The van der Waals surface area contributed by atoms with E-state index in [1.54, 1.807) is 36.4 Å². The molecule has 3 aromatic rings. The van der Waals surface area contributed by atoms with Crippen molar-refractivity contribution in [1.29, 1.82) is 0 Å². The molecule has 0 fully saturated rings. The fourth-order valence-corrected chi connectivity index (χ4v) is 3.59. The number of benzene rings is 3. The lowest BCUT2D eigenvalue weighted by Gasteiger charge is -2.10. The topological polar surface area (TPSA) is 35.5 Å². The van der Waals surface area contributed by atoms with E-state index in [-0.39, 0.29) is 0 Å². The first kappa shape index (κ1) is 19.9. The molecule has 0 spiro atoms. The highest BCUT2D eigenvalue weighted by atomic mass is 79.9. The SMILES string of the molecule is O=C(Oc1ccc(Br)cc1Cl)c1ccc(OCCc2ccccc2)c(Br)c1. The zero-order chi connectivity index (χ0) is 19.2. The molecule has 0 aliphatic carbocycles. The second kappa shape index (κ2) is 9.40. The lowest BCUT2D eigenvalue weighted by Crippen LogP contribution is -2.09. The minimum atomic E-state index is -0.490. The fourth-order valence-electron chi connectivity index (χ4n) is 2.39. The number of carbonyl (C=O) groups is 1. The summed E-state index contributed by atoms with van der Waals surface area (Å²) in [5.74, 6) is 0.490. The van der Waals surface area contributed by atoms with Gasteiger partial charge in [-0.15, -0.1) is 0 Å². The highest BCUT2D eigenvalue weighted by molar-refractivity contribution is 9.10. The van der Waals surface area contributed by atoms with Crippen LogP contribution in [0.5, 0.6) is 11.5 Å². The van der Waals surface area contributed by atoms with Crippen LogP contribution < -0.4 is 9.47 Å². The third-order valence-corrected chi connectivity index (χ3v) is 5.16. The predicted octanol–water partition coefficient (Wildman–Crippen LogP) is 6.71. The molecular weight excluding hydrogens is 495 g/mol. The molecule has 3 aromatic carbocycles. The van der Waals surface area contributed by atoms with E-state index in [9.17, 15) is 4.79 Å². The molecule has 0 radical (unpaired) electrons. The number of rotatable bonds is 6. The molecule has 0 aliphatic rings. The normalized spacial score (nSPS) is 10.5. The molecule has 0 aliphatic heterocycles. The summed E-state index contributed by atoms with van der Waals surface area (Å²) in [7, 11) is 0. The summed E-state index contributed by atoms with van der Waals surface area (Å²) < 4.78 is 12.7. The first-order chi connectivity index (χ1) is 13.0. The average Bonchev–Trinajstić information content (AvgIpc) is 2.66. The van der Waals surface area contributed by atoms with Gasteiger partial charge in [-0.2, -0.15) is 0 Å². The summed E-state index contributed by atoms with van der Waals surface area (Å²) in [4.78, 5) is 12.4. The second-order valence-electron chi connectivity index (χ2n) is 5.69. The van der Waals surface area contributed by atoms with Gasteiger partial charge in [0, 0.05) is 10.9 Å². The monoisotopic (exact) mass is 508 g/mol. The van der Waals surface area contributed by atoms with Crippen LogP contribution in [0.25, 0.3) is 0 Å². The molecule has 138 valence electrons. The van der Waals surface area contributed by atoms with Crippen LogP contribution in [0.15, 0.2) is 75.7 Å². The molecule has 0 atom stereocenters. The zero-order valence-electron chi connectivity index (χ0n) is 14.1. The van der Waals surface area contributed by atoms with Gasteiger partial charge in [-0.25, -0.2) is 4.79 Å². The molecule has 0 unspecified atom stereocenters. The summed E-state index contributed by atoms with van der Waals surface area (Å²) in [6, 6.07) is 20.3. The molecule has 3 rings (SSSR count). The van der Waals surface area contributed by atoms with E-state index < -0.39 is 5.97 Å². The third kappa shape index (κ3) is 5.58. The Hall–Kier alpha value is -1.82. The Labute approximate surface area is 179 Å². The Balaban J connectivity index is 1.62. The smallest absolute Gasteiger partial charge is 0.343 e. The van der Waals surface area contributed by atoms with E-state index in [0.29, 0.717) is 33.2 Å². The molecule has 0 bridgehead atoms. The van der Waals surface area contributed by atoms with Crippen LogP contribution in [-0.2, 0) is 6.42 Å². The summed E-state index contributed by atoms with van der Waals surface area (Å²) in [6.07, 6.45) is 0.805. The average molecular weight is 511 g/mol. The van der Waals surface area contributed by atoms with Crippen molar-refractivity contribution < 1.29 is 14.3 Å². The minimum absolute atomic E-state index is 0.309. The van der Waals surface area contributed by atoms with Crippen molar-refractivity contribution in [3.05, 3.63) is 91.8 Å². The van der Waals surface area contributed by atoms with Gasteiger partial charge in [-0.1, -0.05) is 57.9 Å². The van der Waals surface area contributed by atoms with Crippen molar-refractivity contribution in [3.63, 3.8) is 0 Å². The van der Waals surface area contributed by atoms with Crippen molar-refractivity contribution in [1.82, 2.24) is 0 Å². The van der Waals surface area contributed by atoms with Crippen molar-refractivity contribution in [2.24, 2.45) is 0 Å². The van der Waals surface area contributed by atoms with Gasteiger partial charge >= 0.3 is 5.97 Å². The van der Waals surface area contributed by atoms with Gasteiger partial charge in [0.25, 0.3) is 0 Å². The Morgan fingerprint density at radius 2 is 1.67 bits per heavy atom. The first-order valence-corrected chi connectivity index (χ1v) is 10.1. The molecule has 0 aromatic heterocycles. The maximum atomic E-state index is 12.4. The molecule has 0 amide bonds. The van der Waals surface area contributed by atoms with E-state index >= 15 is 0 Å². The maximum Gasteiger partial charge on any atom is 0.343 e. The number of ether oxygens (including phenoxy) is 2. The number of hydrogen-bond donors (Lipinski definition) is 0. The summed E-state index contributed by atoms with van der Waals surface area (Å²) >= 11 is 12.9. The Bertz CT molecular complexity index is 945. The van der Waals surface area contributed by atoms with Gasteiger partial charge in [-0.3, -0.25) is 0 Å². The van der Waals surface area contributed by atoms with Gasteiger partial charge in [0.2, 0.25) is 0 Å². The van der Waals surface area contributed by atoms with E-state index in [2.05, 4.69) is 44.0 Å². The standard InChI is InChI=1S/C21H15Br2ClO3/c22-16-7-9-20(18(24)13-16)27-21(25)15-6-8-19(17(23)12-15)26-11-10-14-4-2-1-3-5-14/h1-9,12-13H,10-11H2. The van der Waals surface area contributed by atoms with Gasteiger partial charge < -0.3 is 9.47 Å². The lowest BCUT2D eigenvalue weighted by molar-refractivity contribution is 0.0734. The van der Waals surface area contributed by atoms with E-state index in [0.717, 1.165) is 10.9 Å². The molecule has 3 nitrogen and oxygen atoms in total. The van der Waals surface area contributed by atoms with Crippen LogP contribution in [0.1, 0.15) is 15.9 Å². The van der Waals surface area contributed by atoms with Crippen LogP contribution in [-0.4, -0.2) is 12.6 Å². The Morgan fingerprint density at radius 3 is 2.37 bits per heavy atom. The Kier molecular flexibility index (Phi) is 6.94. The van der Waals surface area contributed by atoms with E-state index in [1.165, 1.54) is 5.56 Å². The molecule has 0 N–H and O–H groups in total. The molecular formula is C21H15Br2ClO3. The number of carbonyl (C=O) groups excluding carboxylic acids is 1. The first-order valence-electron chi connectivity index (χ1n) is 8.16. The van der Waals surface area contributed by atoms with Gasteiger partial charge in [-0.05, 0) is 57.9 Å². The van der Waals surface area contributed by atoms with Gasteiger partial charge in [0.15, 0.2) is 0 Å². The third-order valence-electron chi connectivity index (χ3n) is 3.76. The van der Waals surface area contributed by atoms with Crippen LogP contribution in [0.2, 0.25) is 5.02 Å². The quantitative estimate of drug-likeness (QED) is 0.273. The molecule has 0 heterocycles. The fraction of sp³-hybridized carbons (Fsp3) is 0.0952. The summed E-state index contributed by atoms with van der Waals surface area (Å²) in [5, 5.41) is 0.359. The van der Waals surface area contributed by atoms with Crippen LogP contribution >= 0.6 is 43.5 Å².